The molecule has 0 fully saturated rings. The zero-order chi connectivity index (χ0) is 20.8. The molecule has 29 heavy (non-hydrogen) atoms. The van der Waals surface area contributed by atoms with Crippen molar-refractivity contribution in [2.45, 2.75) is 38.3 Å². The smallest absolute Gasteiger partial charge is 0.235 e. The minimum absolute atomic E-state index is 0.0176. The van der Waals surface area contributed by atoms with Gasteiger partial charge >= 0.3 is 0 Å². The summed E-state index contributed by atoms with van der Waals surface area (Å²) in [5.41, 5.74) is 3.55. The molecule has 0 aliphatic heterocycles. The molecule has 4 heterocycles. The molecule has 150 valence electrons. The van der Waals surface area contributed by atoms with Crippen LogP contribution < -0.4 is 0 Å². The Hall–Kier alpha value is -3.14. The van der Waals surface area contributed by atoms with Crippen molar-refractivity contribution in [3.63, 3.8) is 0 Å². The maximum atomic E-state index is 11.6. The van der Waals surface area contributed by atoms with Gasteiger partial charge in [-0.2, -0.15) is 0 Å². The predicted octanol–water partition coefficient (Wildman–Crippen LogP) is 2.29. The van der Waals surface area contributed by atoms with E-state index >= 15 is 0 Å². The lowest BCUT2D eigenvalue weighted by Crippen LogP contribution is -2.04. The second kappa shape index (κ2) is 7.03. The summed E-state index contributed by atoms with van der Waals surface area (Å²) in [6.45, 7) is 6.24. The van der Waals surface area contributed by atoms with Crippen LogP contribution in [-0.2, 0) is 16.3 Å². The van der Waals surface area contributed by atoms with E-state index in [4.69, 9.17) is 0 Å². The molecule has 0 spiro atoms. The number of sulfone groups is 1. The fourth-order valence-electron chi connectivity index (χ4n) is 3.31. The molecule has 0 atom stereocenters. The van der Waals surface area contributed by atoms with Crippen molar-refractivity contribution in [2.75, 3.05) is 6.26 Å². The van der Waals surface area contributed by atoms with E-state index in [0.29, 0.717) is 18.4 Å². The minimum atomic E-state index is -3.38. The standard InChI is InChI=1S/C19H21N7O2S/c1-12(2)26-13(3)23-16-9-21-15(8-17(16)26)7-14-5-6-20-19(24-14)25-10-18(22-11-25)29(4,27)28/h5-6,8-12H,7H2,1-4H3. The number of aryl methyl sites for hydroxylation is 1. The molecule has 0 bridgehead atoms. The van der Waals surface area contributed by atoms with Crippen molar-refractivity contribution in [1.82, 2.24) is 34.1 Å². The van der Waals surface area contributed by atoms with E-state index in [1.54, 1.807) is 12.4 Å². The lowest BCUT2D eigenvalue weighted by molar-refractivity contribution is 0.598. The number of hydrogen-bond donors (Lipinski definition) is 0. The van der Waals surface area contributed by atoms with E-state index in [-0.39, 0.29) is 5.03 Å². The summed E-state index contributed by atoms with van der Waals surface area (Å²) in [4.78, 5) is 21.8. The van der Waals surface area contributed by atoms with E-state index in [1.165, 1.54) is 17.1 Å². The number of hydrogen-bond acceptors (Lipinski definition) is 7. The van der Waals surface area contributed by atoms with Gasteiger partial charge in [-0.1, -0.05) is 0 Å². The number of aromatic nitrogens is 7. The fraction of sp³-hybridized carbons (Fsp3) is 0.316. The third kappa shape index (κ3) is 3.75. The summed E-state index contributed by atoms with van der Waals surface area (Å²) in [7, 11) is -3.38. The molecule has 0 saturated carbocycles. The average Bonchev–Trinajstić information content (AvgIpc) is 3.25. The van der Waals surface area contributed by atoms with Crippen molar-refractivity contribution in [3.8, 4) is 5.95 Å². The van der Waals surface area contributed by atoms with Crippen LogP contribution in [0.25, 0.3) is 17.0 Å². The van der Waals surface area contributed by atoms with Crippen LogP contribution in [0.2, 0.25) is 0 Å². The van der Waals surface area contributed by atoms with Gasteiger partial charge in [0, 0.05) is 30.6 Å². The lowest BCUT2D eigenvalue weighted by atomic mass is 10.2. The Morgan fingerprint density at radius 3 is 2.59 bits per heavy atom. The zero-order valence-electron chi connectivity index (χ0n) is 16.6. The highest BCUT2D eigenvalue weighted by molar-refractivity contribution is 7.90. The molecule has 4 aromatic heterocycles. The van der Waals surface area contributed by atoms with Crippen LogP contribution in [0.4, 0.5) is 0 Å². The van der Waals surface area contributed by atoms with Crippen LogP contribution in [0.3, 0.4) is 0 Å². The van der Waals surface area contributed by atoms with Crippen molar-refractivity contribution < 1.29 is 8.42 Å². The van der Waals surface area contributed by atoms with Gasteiger partial charge in [0.25, 0.3) is 0 Å². The third-order valence-corrected chi connectivity index (χ3v) is 5.53. The molecule has 0 aliphatic carbocycles. The first kappa shape index (κ1) is 19.2. The first-order chi connectivity index (χ1) is 13.7. The zero-order valence-corrected chi connectivity index (χ0v) is 17.4. The van der Waals surface area contributed by atoms with Gasteiger partial charge in [-0.05, 0) is 32.9 Å². The minimum Gasteiger partial charge on any atom is -0.326 e. The number of imidazole rings is 2. The van der Waals surface area contributed by atoms with Gasteiger partial charge in [0.2, 0.25) is 5.95 Å². The summed E-state index contributed by atoms with van der Waals surface area (Å²) in [5, 5.41) is -0.0176. The Balaban J connectivity index is 1.66. The van der Waals surface area contributed by atoms with Crippen LogP contribution in [0, 0.1) is 6.92 Å². The maximum Gasteiger partial charge on any atom is 0.235 e. The van der Waals surface area contributed by atoms with Crippen LogP contribution >= 0.6 is 0 Å². The molecule has 0 radical (unpaired) electrons. The van der Waals surface area contributed by atoms with Crippen molar-refractivity contribution in [3.05, 3.63) is 54.3 Å². The average molecular weight is 411 g/mol. The molecule has 10 heteroatoms. The summed E-state index contributed by atoms with van der Waals surface area (Å²) in [6.07, 6.45) is 7.85. The topological polar surface area (TPSA) is 108 Å². The monoisotopic (exact) mass is 411 g/mol. The van der Waals surface area contributed by atoms with Gasteiger partial charge in [-0.3, -0.25) is 9.55 Å². The molecule has 4 aromatic rings. The Morgan fingerprint density at radius 1 is 1.10 bits per heavy atom. The first-order valence-electron chi connectivity index (χ1n) is 9.12. The van der Waals surface area contributed by atoms with Gasteiger partial charge in [0.1, 0.15) is 17.7 Å². The second-order valence-electron chi connectivity index (χ2n) is 7.20. The van der Waals surface area contributed by atoms with Gasteiger partial charge < -0.3 is 4.57 Å². The van der Waals surface area contributed by atoms with Crippen LogP contribution in [0.15, 0.2) is 42.1 Å². The maximum absolute atomic E-state index is 11.6. The van der Waals surface area contributed by atoms with Crippen LogP contribution in [-0.4, -0.2) is 48.7 Å². The highest BCUT2D eigenvalue weighted by atomic mass is 32.2. The molecule has 0 aromatic carbocycles. The van der Waals surface area contributed by atoms with Crippen molar-refractivity contribution in [2.24, 2.45) is 0 Å². The van der Waals surface area contributed by atoms with E-state index in [1.807, 2.05) is 19.1 Å². The third-order valence-electron chi connectivity index (χ3n) is 4.56. The van der Waals surface area contributed by atoms with Gasteiger partial charge in [-0.25, -0.2) is 28.4 Å². The number of rotatable bonds is 5. The predicted molar refractivity (Wildman–Crippen MR) is 108 cm³/mol. The lowest BCUT2D eigenvalue weighted by Gasteiger charge is -2.11. The molecule has 0 saturated heterocycles. The Kier molecular flexibility index (Phi) is 4.65. The molecular weight excluding hydrogens is 390 g/mol. The van der Waals surface area contributed by atoms with E-state index in [9.17, 15) is 8.42 Å². The quantitative estimate of drug-likeness (QED) is 0.496. The van der Waals surface area contributed by atoms with Crippen LogP contribution in [0.5, 0.6) is 0 Å². The Bertz CT molecular complexity index is 1310. The van der Waals surface area contributed by atoms with Gasteiger partial charge in [0.05, 0.1) is 23.6 Å². The molecular formula is C19H21N7O2S. The van der Waals surface area contributed by atoms with Crippen molar-refractivity contribution >= 4 is 20.9 Å². The molecule has 0 unspecified atom stereocenters. The highest BCUT2D eigenvalue weighted by Gasteiger charge is 2.14. The van der Waals surface area contributed by atoms with Gasteiger partial charge in [0.15, 0.2) is 14.9 Å². The number of nitrogens with zero attached hydrogens (tertiary/aromatic N) is 7. The van der Waals surface area contributed by atoms with Crippen molar-refractivity contribution in [1.29, 1.82) is 0 Å². The van der Waals surface area contributed by atoms with E-state index < -0.39 is 9.84 Å². The summed E-state index contributed by atoms with van der Waals surface area (Å²) < 4.78 is 27.0. The molecule has 9 nitrogen and oxygen atoms in total. The summed E-state index contributed by atoms with van der Waals surface area (Å²) >= 11 is 0. The normalized spacial score (nSPS) is 12.2. The largest absolute Gasteiger partial charge is 0.326 e. The molecule has 0 N–H and O–H groups in total. The van der Waals surface area contributed by atoms with E-state index in [2.05, 4.69) is 43.3 Å². The molecule has 0 aliphatic rings. The Morgan fingerprint density at radius 2 is 1.90 bits per heavy atom. The van der Waals surface area contributed by atoms with Crippen LogP contribution in [0.1, 0.15) is 37.1 Å². The summed E-state index contributed by atoms with van der Waals surface area (Å²) in [6, 6.07) is 4.15. The fourth-order valence-corrected chi connectivity index (χ4v) is 3.85. The molecule has 4 rings (SSSR count). The summed E-state index contributed by atoms with van der Waals surface area (Å²) in [5.74, 6) is 1.31. The second-order valence-corrected chi connectivity index (χ2v) is 9.17. The highest BCUT2D eigenvalue weighted by Crippen LogP contribution is 2.21. The molecule has 0 amide bonds. The number of fused-ring (bicyclic) bond motifs is 1. The Labute approximate surface area is 168 Å². The first-order valence-corrected chi connectivity index (χ1v) is 11.0. The number of pyridine rings is 1. The SMILES string of the molecule is Cc1nc2cnc(Cc3ccnc(-n4cnc(S(C)(=O)=O)c4)n3)cc2n1C(C)C. The van der Waals surface area contributed by atoms with E-state index in [0.717, 1.165) is 34.5 Å². The van der Waals surface area contributed by atoms with Gasteiger partial charge in [-0.15, -0.1) is 0 Å².